The Balaban J connectivity index is 1.79. The number of anilines is 1. The van der Waals surface area contributed by atoms with Crippen LogP contribution in [0.15, 0.2) is 43.0 Å². The van der Waals surface area contributed by atoms with Gasteiger partial charge >= 0.3 is 17.8 Å². The summed E-state index contributed by atoms with van der Waals surface area (Å²) < 4.78 is 52.3. The molecule has 48 heavy (non-hydrogen) atoms. The molecule has 0 spiro atoms. The second-order valence-electron chi connectivity index (χ2n) is 13.1. The first kappa shape index (κ1) is 37.8. The molecule has 0 aromatic heterocycles. The third kappa shape index (κ3) is 9.45. The molecule has 1 aliphatic rings. The number of carbonyl (C=O) groups excluding carboxylic acids is 5. The molecule has 13 heteroatoms. The van der Waals surface area contributed by atoms with Crippen molar-refractivity contribution in [1.82, 2.24) is 10.2 Å². The molecule has 2 aromatic rings. The molecule has 0 radical (unpaired) electrons. The first-order valence-electron chi connectivity index (χ1n) is 15.6. The Morgan fingerprint density at radius 3 is 2.44 bits per heavy atom. The number of esters is 1. The fourth-order valence-electron chi connectivity index (χ4n) is 5.36. The maximum atomic E-state index is 14.3. The fraction of sp³-hybridized carbons (Fsp3) is 0.457. The Labute approximate surface area is 278 Å². The molecule has 10 nitrogen and oxygen atoms in total. The van der Waals surface area contributed by atoms with Crippen molar-refractivity contribution in [3.05, 3.63) is 71.6 Å². The van der Waals surface area contributed by atoms with Crippen molar-refractivity contribution in [2.45, 2.75) is 71.8 Å². The van der Waals surface area contributed by atoms with Crippen LogP contribution in [-0.4, -0.2) is 66.7 Å². The van der Waals surface area contributed by atoms with Gasteiger partial charge in [0, 0.05) is 30.4 Å². The Hall–Kier alpha value is -4.68. The van der Waals surface area contributed by atoms with E-state index in [-0.39, 0.29) is 37.1 Å². The van der Waals surface area contributed by atoms with E-state index in [4.69, 9.17) is 9.47 Å². The summed E-state index contributed by atoms with van der Waals surface area (Å²) in [5, 5.41) is 5.23. The average Bonchev–Trinajstić information content (AvgIpc) is 3.24. The van der Waals surface area contributed by atoms with E-state index in [1.54, 1.807) is 19.1 Å². The first-order chi connectivity index (χ1) is 22.5. The number of likely N-dealkylation sites (tertiary alicyclic amines) is 1. The SMILES string of the molecule is C=CCOC(=O)C[C@H](NC(=O)[C@]1(C)CCCCN(C(=O)C(=O)Nc2ccccc2C(C)(C)C)C1)C(=O)COc1c(C)c(F)cc(F)c1F. The van der Waals surface area contributed by atoms with Crippen LogP contribution in [0.25, 0.3) is 0 Å². The largest absolute Gasteiger partial charge is 0.482 e. The van der Waals surface area contributed by atoms with Crippen LogP contribution in [0.5, 0.6) is 5.75 Å². The van der Waals surface area contributed by atoms with Crippen molar-refractivity contribution >= 4 is 35.2 Å². The second kappa shape index (κ2) is 15.9. The van der Waals surface area contributed by atoms with Crippen molar-refractivity contribution in [1.29, 1.82) is 0 Å². The van der Waals surface area contributed by atoms with E-state index >= 15 is 0 Å². The molecule has 2 N–H and O–H groups in total. The van der Waals surface area contributed by atoms with E-state index in [1.165, 1.54) is 11.0 Å². The van der Waals surface area contributed by atoms with Crippen LogP contribution in [0.2, 0.25) is 0 Å². The molecule has 1 saturated heterocycles. The van der Waals surface area contributed by atoms with Gasteiger partial charge in [0.1, 0.15) is 25.1 Å². The molecule has 0 saturated carbocycles. The zero-order valence-electron chi connectivity index (χ0n) is 27.8. The molecular formula is C35H42F3N3O7. The van der Waals surface area contributed by atoms with Gasteiger partial charge in [0.2, 0.25) is 11.7 Å². The molecule has 1 heterocycles. The maximum Gasteiger partial charge on any atom is 0.313 e. The summed E-state index contributed by atoms with van der Waals surface area (Å²) in [7, 11) is 0. The van der Waals surface area contributed by atoms with Crippen molar-refractivity contribution < 1.29 is 46.6 Å². The zero-order valence-corrected chi connectivity index (χ0v) is 27.8. The van der Waals surface area contributed by atoms with Gasteiger partial charge in [0.25, 0.3) is 0 Å². The van der Waals surface area contributed by atoms with Crippen molar-refractivity contribution in [2.24, 2.45) is 5.41 Å². The number of rotatable bonds is 11. The second-order valence-corrected chi connectivity index (χ2v) is 13.1. The highest BCUT2D eigenvalue weighted by atomic mass is 19.2. The predicted molar refractivity (Wildman–Crippen MR) is 172 cm³/mol. The number of para-hydroxylation sites is 1. The van der Waals surface area contributed by atoms with Crippen molar-refractivity contribution in [3.8, 4) is 5.75 Å². The number of hydrogen-bond acceptors (Lipinski definition) is 7. The number of ketones is 1. The normalized spacial score (nSPS) is 17.0. The summed E-state index contributed by atoms with van der Waals surface area (Å²) in [6.45, 7) is 11.0. The van der Waals surface area contributed by atoms with Crippen LogP contribution in [0.4, 0.5) is 18.9 Å². The Kier molecular flexibility index (Phi) is 12.5. The Morgan fingerprint density at radius 1 is 1.08 bits per heavy atom. The number of hydrogen-bond donors (Lipinski definition) is 2. The Bertz CT molecular complexity index is 1550. The average molecular weight is 674 g/mol. The number of amides is 3. The molecule has 2 aromatic carbocycles. The monoisotopic (exact) mass is 673 g/mol. The van der Waals surface area contributed by atoms with E-state index in [9.17, 15) is 37.1 Å². The molecule has 1 fully saturated rings. The summed E-state index contributed by atoms with van der Waals surface area (Å²) in [5.41, 5.74) is -0.674. The summed E-state index contributed by atoms with van der Waals surface area (Å²) in [5.74, 6) is -9.14. The molecule has 0 unspecified atom stereocenters. The quantitative estimate of drug-likeness (QED) is 0.150. The van der Waals surface area contributed by atoms with Crippen LogP contribution >= 0.6 is 0 Å². The standard InChI is InChI=1S/C35H42F3N3O7/c1-7-16-47-28(43)18-26(27(42)19-48-30-21(2)23(36)17-24(37)29(30)38)40-33(46)35(6)14-10-11-15-41(20-35)32(45)31(44)39-25-13-9-8-12-22(25)34(3,4)5/h7-9,12-13,17,26H,1,10-11,14-16,18-20H2,2-6H3,(H,39,44)(H,40,46)/t26-,35+/m0/s1. The summed E-state index contributed by atoms with van der Waals surface area (Å²) >= 11 is 0. The lowest BCUT2D eigenvalue weighted by atomic mass is 9.83. The van der Waals surface area contributed by atoms with Crippen LogP contribution in [-0.2, 0) is 34.1 Å². The van der Waals surface area contributed by atoms with Crippen LogP contribution in [0.1, 0.15) is 64.5 Å². The number of Topliss-reactive ketones (excluding diaryl/α,β-unsaturated/α-hetero) is 1. The third-order valence-corrected chi connectivity index (χ3v) is 8.11. The zero-order chi connectivity index (χ0) is 35.8. The lowest BCUT2D eigenvalue weighted by Crippen LogP contribution is -2.53. The molecule has 260 valence electrons. The van der Waals surface area contributed by atoms with Crippen molar-refractivity contribution in [3.63, 3.8) is 0 Å². The van der Waals surface area contributed by atoms with Gasteiger partial charge in [0.15, 0.2) is 17.3 Å². The first-order valence-corrected chi connectivity index (χ1v) is 15.6. The number of nitrogens with one attached hydrogen (secondary N) is 2. The molecule has 1 aliphatic heterocycles. The van der Waals surface area contributed by atoms with Crippen LogP contribution in [0, 0.1) is 29.8 Å². The maximum absolute atomic E-state index is 14.3. The molecule has 3 rings (SSSR count). The van der Waals surface area contributed by atoms with Gasteiger partial charge in [-0.2, -0.15) is 4.39 Å². The molecule has 2 atom stereocenters. The lowest BCUT2D eigenvalue weighted by Gasteiger charge is -2.33. The van der Waals surface area contributed by atoms with Gasteiger partial charge in [0.05, 0.1) is 11.8 Å². The van der Waals surface area contributed by atoms with Gasteiger partial charge in [-0.05, 0) is 43.7 Å². The third-order valence-electron chi connectivity index (χ3n) is 8.11. The fourth-order valence-corrected chi connectivity index (χ4v) is 5.36. The van der Waals surface area contributed by atoms with E-state index in [0.717, 1.165) is 12.5 Å². The number of benzene rings is 2. The minimum atomic E-state index is -1.54. The highest BCUT2D eigenvalue weighted by Crippen LogP contribution is 2.32. The highest BCUT2D eigenvalue weighted by molar-refractivity contribution is 6.39. The number of carbonyl (C=O) groups is 5. The van der Waals surface area contributed by atoms with Crippen molar-refractivity contribution in [2.75, 3.05) is 31.6 Å². The molecule has 3 amide bonds. The summed E-state index contributed by atoms with van der Waals surface area (Å²) in [4.78, 5) is 67.3. The van der Waals surface area contributed by atoms with Gasteiger partial charge < -0.3 is 25.0 Å². The summed E-state index contributed by atoms with van der Waals surface area (Å²) in [6.07, 6.45) is 1.95. The van der Waals surface area contributed by atoms with E-state index < -0.39 is 77.2 Å². The van der Waals surface area contributed by atoms with Crippen LogP contribution < -0.4 is 15.4 Å². The smallest absolute Gasteiger partial charge is 0.313 e. The highest BCUT2D eigenvalue weighted by Gasteiger charge is 2.41. The number of nitrogens with zero attached hydrogens (tertiary/aromatic N) is 1. The van der Waals surface area contributed by atoms with Gasteiger partial charge in [-0.15, -0.1) is 0 Å². The van der Waals surface area contributed by atoms with Gasteiger partial charge in [-0.25, -0.2) is 8.78 Å². The number of halogens is 3. The topological polar surface area (TPSA) is 131 Å². The van der Waals surface area contributed by atoms with Gasteiger partial charge in [-0.1, -0.05) is 58.0 Å². The lowest BCUT2D eigenvalue weighted by molar-refractivity contribution is -0.147. The molecular weight excluding hydrogens is 631 g/mol. The predicted octanol–water partition coefficient (Wildman–Crippen LogP) is 4.92. The summed E-state index contributed by atoms with van der Waals surface area (Å²) in [6, 6.07) is 5.93. The van der Waals surface area contributed by atoms with E-state index in [1.807, 2.05) is 32.9 Å². The minimum absolute atomic E-state index is 0.169. The Morgan fingerprint density at radius 2 is 1.77 bits per heavy atom. The van der Waals surface area contributed by atoms with Gasteiger partial charge in [-0.3, -0.25) is 24.0 Å². The van der Waals surface area contributed by atoms with E-state index in [2.05, 4.69) is 17.2 Å². The van der Waals surface area contributed by atoms with E-state index in [0.29, 0.717) is 24.6 Å². The minimum Gasteiger partial charge on any atom is -0.482 e. The van der Waals surface area contributed by atoms with Crippen LogP contribution in [0.3, 0.4) is 0 Å². The number of ether oxygens (including phenoxy) is 2. The molecule has 0 aliphatic carbocycles. The molecule has 0 bridgehead atoms.